The minimum atomic E-state index is -0.506. The molecule has 0 unspecified atom stereocenters. The molecule has 0 saturated carbocycles. The second-order valence-electron chi connectivity index (χ2n) is 7.45. The van der Waals surface area contributed by atoms with Gasteiger partial charge in [0, 0.05) is 11.6 Å². The maximum atomic E-state index is 13.2. The number of aromatic nitrogens is 2. The molecule has 31 heavy (non-hydrogen) atoms. The predicted molar refractivity (Wildman–Crippen MR) is 117 cm³/mol. The van der Waals surface area contributed by atoms with Crippen LogP contribution in [0.15, 0.2) is 65.4 Å². The Morgan fingerprint density at radius 2 is 2.00 bits per heavy atom. The van der Waals surface area contributed by atoms with Crippen LogP contribution in [0.25, 0.3) is 22.6 Å². The number of ketones is 1. The Hall–Kier alpha value is -3.93. The van der Waals surface area contributed by atoms with Crippen LogP contribution < -0.4 is 0 Å². The van der Waals surface area contributed by atoms with Crippen LogP contribution >= 0.6 is 0 Å². The summed E-state index contributed by atoms with van der Waals surface area (Å²) in [4.78, 5) is 33.2. The number of fused-ring (bicyclic) bond motifs is 2. The van der Waals surface area contributed by atoms with Gasteiger partial charge in [-0.2, -0.15) is 0 Å². The first-order chi connectivity index (χ1) is 15.2. The molecule has 0 saturated heterocycles. The zero-order valence-corrected chi connectivity index (χ0v) is 16.8. The summed E-state index contributed by atoms with van der Waals surface area (Å²) < 4.78 is 10.9. The zero-order valence-electron chi connectivity index (χ0n) is 16.8. The zero-order chi connectivity index (χ0) is 21.2. The summed E-state index contributed by atoms with van der Waals surface area (Å²) in [7, 11) is 0. The molecule has 1 aliphatic carbocycles. The van der Waals surface area contributed by atoms with Crippen molar-refractivity contribution in [1.29, 1.82) is 0 Å². The normalized spacial score (nSPS) is 14.5. The summed E-state index contributed by atoms with van der Waals surface area (Å²) in [5.41, 5.74) is 4.31. The highest BCUT2D eigenvalue weighted by Crippen LogP contribution is 2.36. The van der Waals surface area contributed by atoms with Gasteiger partial charge in [-0.15, -0.1) is 0 Å². The number of para-hydroxylation sites is 1. The number of Topliss-reactive ketones (excluding diaryl/α,β-unsaturated/α-hetero) is 1. The van der Waals surface area contributed by atoms with E-state index in [0.717, 1.165) is 52.8 Å². The van der Waals surface area contributed by atoms with Crippen LogP contribution in [0.2, 0.25) is 0 Å². The van der Waals surface area contributed by atoms with Crippen molar-refractivity contribution in [2.75, 3.05) is 6.61 Å². The molecular weight excluding hydrogens is 392 g/mol. The first-order valence-electron chi connectivity index (χ1n) is 10.2. The fraction of sp³-hybridized carbons (Fsp3) is 0.160. The smallest absolute Gasteiger partial charge is 0.339 e. The molecular formula is C25H20N2O4. The summed E-state index contributed by atoms with van der Waals surface area (Å²) in [5, 5.41) is 0.734. The monoisotopic (exact) mass is 412 g/mol. The molecule has 4 aromatic rings. The van der Waals surface area contributed by atoms with Crippen LogP contribution in [0.1, 0.15) is 50.7 Å². The van der Waals surface area contributed by atoms with Crippen LogP contribution in [0.5, 0.6) is 0 Å². The number of hydrogen-bond acceptors (Lipinski definition) is 5. The Bertz CT molecular complexity index is 1280. The van der Waals surface area contributed by atoms with Crippen molar-refractivity contribution >= 4 is 34.3 Å². The van der Waals surface area contributed by atoms with E-state index in [4.69, 9.17) is 14.1 Å². The lowest BCUT2D eigenvalue weighted by Crippen LogP contribution is -2.18. The van der Waals surface area contributed by atoms with Crippen molar-refractivity contribution < 1.29 is 18.7 Å². The predicted octanol–water partition coefficient (Wildman–Crippen LogP) is 5.07. The Morgan fingerprint density at radius 3 is 2.81 bits per heavy atom. The summed E-state index contributed by atoms with van der Waals surface area (Å²) in [6.45, 7) is -0.320. The number of hydrogen-bond donors (Lipinski definition) is 1. The number of pyridine rings is 1. The number of nitrogens with one attached hydrogen (secondary N) is 1. The number of ether oxygens (including phenoxy) is 1. The minimum Gasteiger partial charge on any atom is -0.465 e. The number of H-pyrrole nitrogens is 1. The summed E-state index contributed by atoms with van der Waals surface area (Å²) >= 11 is 0. The number of aromatic amines is 1. The van der Waals surface area contributed by atoms with Crippen molar-refractivity contribution in [1.82, 2.24) is 9.97 Å². The third-order valence-corrected chi connectivity index (χ3v) is 5.47. The van der Waals surface area contributed by atoms with Crippen LogP contribution in [0, 0.1) is 0 Å². The Morgan fingerprint density at radius 1 is 1.10 bits per heavy atom. The second-order valence-corrected chi connectivity index (χ2v) is 7.45. The number of furan rings is 1. The van der Waals surface area contributed by atoms with Crippen molar-refractivity contribution in [2.24, 2.45) is 0 Å². The van der Waals surface area contributed by atoms with Crippen molar-refractivity contribution in [3.63, 3.8) is 0 Å². The molecule has 0 amide bonds. The van der Waals surface area contributed by atoms with Gasteiger partial charge in [-0.05, 0) is 66.8 Å². The van der Waals surface area contributed by atoms with Crippen molar-refractivity contribution in [3.05, 3.63) is 89.3 Å². The number of allylic oxidation sites excluding steroid dienone is 1. The number of benzene rings is 1. The molecule has 154 valence electrons. The molecule has 1 aliphatic rings. The standard InChI is InChI=1S/C25H20N2O4/c28-22(21-11-4-12-26-21)15-31-25(29)23-18-8-1-2-10-20(18)27-24-16(6-3-9-19(23)24)14-17-7-5-13-30-17/h1-2,4-5,7-8,10-14,26H,3,6,9,15H2. The van der Waals surface area contributed by atoms with E-state index >= 15 is 0 Å². The number of esters is 1. The Kier molecular flexibility index (Phi) is 4.96. The van der Waals surface area contributed by atoms with Crippen LogP contribution in [0.4, 0.5) is 0 Å². The second kappa shape index (κ2) is 8.07. The lowest BCUT2D eigenvalue weighted by molar-refractivity contribution is 0.0474. The molecule has 0 spiro atoms. The minimum absolute atomic E-state index is 0.274. The molecule has 0 aliphatic heterocycles. The molecule has 6 heteroatoms. The van der Waals surface area contributed by atoms with E-state index < -0.39 is 5.97 Å². The van der Waals surface area contributed by atoms with Crippen LogP contribution in [-0.2, 0) is 11.2 Å². The topological polar surface area (TPSA) is 85.2 Å². The SMILES string of the molecule is O=C(COC(=O)c1c2c(nc3ccccc13)C(=Cc1ccco1)CCC2)c1ccc[nH]1. The molecule has 1 aromatic carbocycles. The first-order valence-corrected chi connectivity index (χ1v) is 10.2. The molecule has 3 aromatic heterocycles. The maximum Gasteiger partial charge on any atom is 0.339 e. The van der Waals surface area contributed by atoms with Gasteiger partial charge in [-0.1, -0.05) is 18.2 Å². The van der Waals surface area contributed by atoms with Gasteiger partial charge in [-0.3, -0.25) is 4.79 Å². The lowest BCUT2D eigenvalue weighted by atomic mass is 9.86. The van der Waals surface area contributed by atoms with Gasteiger partial charge in [-0.25, -0.2) is 9.78 Å². The van der Waals surface area contributed by atoms with E-state index in [1.54, 1.807) is 24.6 Å². The van der Waals surface area contributed by atoms with Gasteiger partial charge in [0.05, 0.1) is 28.7 Å². The first kappa shape index (κ1) is 19.1. The van der Waals surface area contributed by atoms with Gasteiger partial charge < -0.3 is 14.1 Å². The Balaban J connectivity index is 1.55. The molecule has 0 radical (unpaired) electrons. The van der Waals surface area contributed by atoms with Crippen LogP contribution in [0.3, 0.4) is 0 Å². The van der Waals surface area contributed by atoms with E-state index in [1.807, 2.05) is 42.5 Å². The van der Waals surface area contributed by atoms with Gasteiger partial charge in [0.2, 0.25) is 5.78 Å². The van der Waals surface area contributed by atoms with Gasteiger partial charge >= 0.3 is 5.97 Å². The van der Waals surface area contributed by atoms with Crippen molar-refractivity contribution in [2.45, 2.75) is 19.3 Å². The van der Waals surface area contributed by atoms with E-state index in [1.165, 1.54) is 0 Å². The largest absolute Gasteiger partial charge is 0.465 e. The molecule has 1 N–H and O–H groups in total. The van der Waals surface area contributed by atoms with E-state index in [0.29, 0.717) is 11.3 Å². The lowest BCUT2D eigenvalue weighted by Gasteiger charge is -2.22. The molecule has 3 heterocycles. The molecule has 6 nitrogen and oxygen atoms in total. The van der Waals surface area contributed by atoms with Crippen LogP contribution in [-0.4, -0.2) is 28.3 Å². The molecule has 5 rings (SSSR count). The third kappa shape index (κ3) is 3.68. The number of carbonyl (C=O) groups is 2. The highest BCUT2D eigenvalue weighted by molar-refractivity contribution is 6.07. The third-order valence-electron chi connectivity index (χ3n) is 5.47. The quantitative estimate of drug-likeness (QED) is 0.365. The van der Waals surface area contributed by atoms with Crippen molar-refractivity contribution in [3.8, 4) is 0 Å². The van der Waals surface area contributed by atoms with Gasteiger partial charge in [0.1, 0.15) is 5.76 Å². The van der Waals surface area contributed by atoms with Gasteiger partial charge in [0.25, 0.3) is 0 Å². The Labute approximate surface area is 178 Å². The average Bonchev–Trinajstić information content (AvgIpc) is 3.50. The summed E-state index contributed by atoms with van der Waals surface area (Å²) in [6, 6.07) is 14.6. The fourth-order valence-corrected chi connectivity index (χ4v) is 4.04. The van der Waals surface area contributed by atoms with E-state index in [2.05, 4.69) is 4.98 Å². The molecule has 0 atom stereocenters. The van der Waals surface area contributed by atoms with E-state index in [9.17, 15) is 9.59 Å². The van der Waals surface area contributed by atoms with Gasteiger partial charge in [0.15, 0.2) is 6.61 Å². The van der Waals surface area contributed by atoms with E-state index in [-0.39, 0.29) is 12.4 Å². The average molecular weight is 412 g/mol. The maximum absolute atomic E-state index is 13.2. The number of carbonyl (C=O) groups excluding carboxylic acids is 2. The highest BCUT2D eigenvalue weighted by Gasteiger charge is 2.26. The number of rotatable bonds is 5. The summed E-state index contributed by atoms with van der Waals surface area (Å²) in [5.74, 6) is -0.0310. The fourth-order valence-electron chi connectivity index (χ4n) is 4.04. The highest BCUT2D eigenvalue weighted by atomic mass is 16.5. The molecule has 0 bridgehead atoms. The molecule has 0 fully saturated rings. The number of nitrogens with zero attached hydrogens (tertiary/aromatic N) is 1. The summed E-state index contributed by atoms with van der Waals surface area (Å²) in [6.07, 6.45) is 7.73.